The Labute approximate surface area is 93.2 Å². The van der Waals surface area contributed by atoms with Crippen molar-refractivity contribution in [3.05, 3.63) is 18.4 Å². The summed E-state index contributed by atoms with van der Waals surface area (Å²) in [6.07, 6.45) is 3.02. The van der Waals surface area contributed by atoms with Crippen molar-refractivity contribution in [1.29, 1.82) is 0 Å². The Hall–Kier alpha value is -0.583. The monoisotopic (exact) mass is 223 g/mol. The van der Waals surface area contributed by atoms with E-state index in [1.807, 2.05) is 6.07 Å². The topological polar surface area (TPSA) is 25.6 Å². The predicted octanol–water partition coefficient (Wildman–Crippen LogP) is 0.750. The summed E-state index contributed by atoms with van der Waals surface area (Å²) in [7, 11) is 0.825. The predicted molar refractivity (Wildman–Crippen MR) is 60.8 cm³/mol. The number of ether oxygens (including phenoxy) is 1. The zero-order chi connectivity index (χ0) is 10.3. The van der Waals surface area contributed by atoms with E-state index in [0.717, 1.165) is 41.2 Å². The summed E-state index contributed by atoms with van der Waals surface area (Å²) in [6.45, 7) is 5.21. The van der Waals surface area contributed by atoms with Crippen molar-refractivity contribution in [2.24, 2.45) is 0 Å². The maximum Gasteiger partial charge on any atom is 0.132 e. The number of nitrogens with zero attached hydrogens (tertiary/aromatic N) is 1. The van der Waals surface area contributed by atoms with Crippen LogP contribution in [0.1, 0.15) is 6.42 Å². The van der Waals surface area contributed by atoms with Crippen LogP contribution in [0, 0.1) is 0 Å². The molecule has 0 N–H and O–H groups in total. The van der Waals surface area contributed by atoms with Crippen molar-refractivity contribution in [2.75, 3.05) is 32.8 Å². The molecule has 0 atom stereocenters. The van der Waals surface area contributed by atoms with E-state index in [1.165, 1.54) is 19.0 Å². The van der Waals surface area contributed by atoms with Gasteiger partial charge >= 0.3 is 0 Å². The fourth-order valence-corrected chi connectivity index (χ4v) is 2.66. The van der Waals surface area contributed by atoms with Gasteiger partial charge in [0.15, 0.2) is 0 Å². The van der Waals surface area contributed by atoms with Crippen molar-refractivity contribution in [2.45, 2.75) is 12.5 Å². The molecular formula is C11H17NO2Si. The smallest absolute Gasteiger partial charge is 0.132 e. The summed E-state index contributed by atoms with van der Waals surface area (Å²) in [6, 6.07) is 5.27. The third kappa shape index (κ3) is 3.81. The number of rotatable bonds is 5. The fourth-order valence-electron chi connectivity index (χ4n) is 1.72. The van der Waals surface area contributed by atoms with Gasteiger partial charge in [-0.05, 0) is 25.1 Å². The average Bonchev–Trinajstić information content (AvgIpc) is 2.79. The van der Waals surface area contributed by atoms with Gasteiger partial charge in [-0.15, -0.1) is 0 Å². The first-order valence-electron chi connectivity index (χ1n) is 5.52. The van der Waals surface area contributed by atoms with Crippen molar-refractivity contribution < 1.29 is 9.15 Å². The van der Waals surface area contributed by atoms with E-state index in [0.29, 0.717) is 0 Å². The first-order chi connectivity index (χ1) is 7.45. The molecule has 3 nitrogen and oxygen atoms in total. The molecule has 2 rings (SSSR count). The third-order valence-corrected chi connectivity index (χ3v) is 3.81. The third-order valence-electron chi connectivity index (χ3n) is 2.58. The van der Waals surface area contributed by atoms with Crippen LogP contribution in [0.25, 0.3) is 0 Å². The number of morpholine rings is 1. The lowest BCUT2D eigenvalue weighted by Gasteiger charge is -2.26. The van der Waals surface area contributed by atoms with E-state index in [4.69, 9.17) is 9.15 Å². The Kier molecular flexibility index (Phi) is 4.44. The van der Waals surface area contributed by atoms with Crippen molar-refractivity contribution in [3.8, 4) is 0 Å². The lowest BCUT2D eigenvalue weighted by atomic mass is 10.3. The molecule has 1 aliphatic rings. The molecule has 0 spiro atoms. The second-order valence-corrected chi connectivity index (χ2v) is 5.06. The maximum absolute atomic E-state index is 5.31. The molecule has 0 unspecified atom stereocenters. The fraction of sp³-hybridized carbons (Fsp3) is 0.636. The second kappa shape index (κ2) is 6.10. The molecule has 1 aliphatic heterocycles. The number of hydrogen-bond acceptors (Lipinski definition) is 3. The van der Waals surface area contributed by atoms with Crippen molar-refractivity contribution in [1.82, 2.24) is 4.90 Å². The highest BCUT2D eigenvalue weighted by Crippen LogP contribution is 2.00. The van der Waals surface area contributed by atoms with Crippen LogP contribution in [0.5, 0.6) is 0 Å². The highest BCUT2D eigenvalue weighted by atomic mass is 28.2. The largest absolute Gasteiger partial charge is 0.475 e. The quantitative estimate of drug-likeness (QED) is 0.544. The van der Waals surface area contributed by atoms with Gasteiger partial charge in [0, 0.05) is 13.1 Å². The van der Waals surface area contributed by atoms with Crippen LogP contribution in [0.2, 0.25) is 6.04 Å². The molecule has 1 aromatic heterocycles. The van der Waals surface area contributed by atoms with Gasteiger partial charge in [0.05, 0.1) is 24.9 Å². The molecule has 2 heterocycles. The Balaban J connectivity index is 1.54. The molecule has 0 amide bonds. The van der Waals surface area contributed by atoms with Crippen molar-refractivity contribution >= 4 is 14.9 Å². The minimum absolute atomic E-state index is 0.825. The molecule has 4 heteroatoms. The van der Waals surface area contributed by atoms with E-state index < -0.39 is 0 Å². The minimum Gasteiger partial charge on any atom is -0.475 e. The van der Waals surface area contributed by atoms with Crippen LogP contribution in [0.4, 0.5) is 0 Å². The summed E-state index contributed by atoms with van der Waals surface area (Å²) in [4.78, 5) is 2.48. The molecule has 0 saturated carbocycles. The SMILES string of the molecule is c1coc([Si]CCCN2CCOCC2)c1. The summed E-state index contributed by atoms with van der Waals surface area (Å²) >= 11 is 0. The molecule has 1 aromatic rings. The summed E-state index contributed by atoms with van der Waals surface area (Å²) in [5, 5.41) is 1.14. The zero-order valence-electron chi connectivity index (χ0n) is 8.95. The normalized spacial score (nSPS) is 18.1. The minimum atomic E-state index is 0.825. The Morgan fingerprint density at radius 1 is 1.33 bits per heavy atom. The van der Waals surface area contributed by atoms with Gasteiger partial charge in [0.25, 0.3) is 0 Å². The average molecular weight is 223 g/mol. The number of furan rings is 1. The van der Waals surface area contributed by atoms with Crippen molar-refractivity contribution in [3.63, 3.8) is 0 Å². The molecule has 15 heavy (non-hydrogen) atoms. The van der Waals surface area contributed by atoms with Crippen LogP contribution in [0.15, 0.2) is 22.8 Å². The summed E-state index contributed by atoms with van der Waals surface area (Å²) in [5.41, 5.74) is 0. The van der Waals surface area contributed by atoms with Gasteiger partial charge in [-0.25, -0.2) is 0 Å². The van der Waals surface area contributed by atoms with Gasteiger partial charge < -0.3 is 9.15 Å². The van der Waals surface area contributed by atoms with Crippen LogP contribution >= 0.6 is 0 Å². The van der Waals surface area contributed by atoms with E-state index in [-0.39, 0.29) is 0 Å². The van der Waals surface area contributed by atoms with E-state index in [2.05, 4.69) is 11.0 Å². The maximum atomic E-state index is 5.31. The summed E-state index contributed by atoms with van der Waals surface area (Å²) < 4.78 is 10.6. The van der Waals surface area contributed by atoms with Crippen LogP contribution in [-0.4, -0.2) is 47.3 Å². The van der Waals surface area contributed by atoms with Crippen LogP contribution < -0.4 is 5.38 Å². The standard InChI is InChI=1S/C11H17NO2Si/c1-3-11(14-7-1)15-10-2-4-12-5-8-13-9-6-12/h1,3,7H,2,4-6,8-10H2. The molecule has 0 aliphatic carbocycles. The Morgan fingerprint density at radius 2 is 2.20 bits per heavy atom. The Bertz CT molecular complexity index is 258. The zero-order valence-corrected chi connectivity index (χ0v) is 9.95. The first-order valence-corrected chi connectivity index (χ1v) is 6.73. The lowest BCUT2D eigenvalue weighted by Crippen LogP contribution is -2.37. The lowest BCUT2D eigenvalue weighted by molar-refractivity contribution is 0.0380. The molecule has 0 aromatic carbocycles. The molecular weight excluding hydrogens is 206 g/mol. The van der Waals surface area contributed by atoms with Crippen LogP contribution in [-0.2, 0) is 4.74 Å². The van der Waals surface area contributed by atoms with E-state index in [1.54, 1.807) is 6.26 Å². The second-order valence-electron chi connectivity index (χ2n) is 3.71. The molecule has 0 bridgehead atoms. The Morgan fingerprint density at radius 3 is 2.93 bits per heavy atom. The van der Waals surface area contributed by atoms with Gasteiger partial charge in [-0.1, -0.05) is 6.04 Å². The highest BCUT2D eigenvalue weighted by molar-refractivity contribution is 6.51. The highest BCUT2D eigenvalue weighted by Gasteiger charge is 2.09. The first kappa shape index (κ1) is 10.9. The molecule has 2 radical (unpaired) electrons. The number of hydrogen-bond donors (Lipinski definition) is 0. The molecule has 1 fully saturated rings. The van der Waals surface area contributed by atoms with Gasteiger partial charge in [-0.3, -0.25) is 4.90 Å². The van der Waals surface area contributed by atoms with Gasteiger partial charge in [-0.2, -0.15) is 0 Å². The van der Waals surface area contributed by atoms with Crippen LogP contribution in [0.3, 0.4) is 0 Å². The van der Waals surface area contributed by atoms with E-state index in [9.17, 15) is 0 Å². The van der Waals surface area contributed by atoms with E-state index >= 15 is 0 Å². The van der Waals surface area contributed by atoms with Gasteiger partial charge in [0.2, 0.25) is 0 Å². The van der Waals surface area contributed by atoms with Gasteiger partial charge in [0.1, 0.15) is 9.52 Å². The molecule has 82 valence electrons. The summed E-state index contributed by atoms with van der Waals surface area (Å²) in [5.74, 6) is 0. The molecule has 1 saturated heterocycles.